The average Bonchev–Trinajstić information content (AvgIpc) is 3.21. The Balaban J connectivity index is 1.23. The minimum absolute atomic E-state index is 0.00712. The molecular formula is C26H28ClF4N7O. The number of aromatic nitrogens is 4. The predicted molar refractivity (Wildman–Crippen MR) is 137 cm³/mol. The van der Waals surface area contributed by atoms with E-state index in [4.69, 9.17) is 16.3 Å². The molecule has 3 aliphatic heterocycles. The van der Waals surface area contributed by atoms with Crippen LogP contribution in [0.25, 0.3) is 5.69 Å². The number of rotatable bonds is 5. The third-order valence-electron chi connectivity index (χ3n) is 7.79. The number of pyridine rings is 1. The number of hydrogen-bond donors (Lipinski definition) is 0. The first-order valence-electron chi connectivity index (χ1n) is 12.9. The summed E-state index contributed by atoms with van der Waals surface area (Å²) in [6.07, 6.45) is -1.42. The van der Waals surface area contributed by atoms with Crippen molar-refractivity contribution in [2.75, 3.05) is 44.7 Å². The minimum atomic E-state index is -4.20. The lowest BCUT2D eigenvalue weighted by atomic mass is 9.95. The van der Waals surface area contributed by atoms with E-state index in [9.17, 15) is 17.6 Å². The molecule has 0 aliphatic carbocycles. The zero-order chi connectivity index (χ0) is 27.3. The summed E-state index contributed by atoms with van der Waals surface area (Å²) in [6.45, 7) is 2.26. The standard InChI is InChI=1S/C26H28ClF4N7O/c1-39-22-9-19(28)10-32-25(22)36-6-4-16(5-7-36)24-34-33-23-14-37(20-12-35(13-20)15-26(29,30)31)11-17-8-18(27)2-3-21(17)38(23)24/h2-3,8-10,16,20H,4-7,11-15H2,1H3. The largest absolute Gasteiger partial charge is 0.493 e. The number of methoxy groups -OCH3 is 1. The highest BCUT2D eigenvalue weighted by atomic mass is 35.5. The second kappa shape index (κ2) is 10.2. The van der Waals surface area contributed by atoms with Gasteiger partial charge in [-0.25, -0.2) is 9.37 Å². The van der Waals surface area contributed by atoms with Crippen LogP contribution in [0, 0.1) is 5.82 Å². The van der Waals surface area contributed by atoms with Crippen LogP contribution in [0.3, 0.4) is 0 Å². The predicted octanol–water partition coefficient (Wildman–Crippen LogP) is 4.41. The van der Waals surface area contributed by atoms with Crippen molar-refractivity contribution >= 4 is 17.4 Å². The zero-order valence-electron chi connectivity index (χ0n) is 21.3. The van der Waals surface area contributed by atoms with E-state index in [1.807, 2.05) is 18.2 Å². The monoisotopic (exact) mass is 565 g/mol. The molecule has 39 heavy (non-hydrogen) atoms. The topological polar surface area (TPSA) is 62.6 Å². The van der Waals surface area contributed by atoms with E-state index in [-0.39, 0.29) is 12.0 Å². The van der Waals surface area contributed by atoms with Gasteiger partial charge in [-0.15, -0.1) is 10.2 Å². The molecule has 3 aromatic rings. The molecule has 0 atom stereocenters. The molecule has 6 rings (SSSR count). The second-order valence-corrected chi connectivity index (χ2v) is 10.8. The van der Waals surface area contributed by atoms with Crippen LogP contribution >= 0.6 is 11.6 Å². The highest BCUT2D eigenvalue weighted by Gasteiger charge is 2.41. The maximum atomic E-state index is 13.6. The van der Waals surface area contributed by atoms with Gasteiger partial charge in [-0.3, -0.25) is 14.4 Å². The summed E-state index contributed by atoms with van der Waals surface area (Å²) < 4.78 is 59.6. The van der Waals surface area contributed by atoms with Crippen LogP contribution < -0.4 is 9.64 Å². The number of benzene rings is 1. The first-order valence-corrected chi connectivity index (χ1v) is 13.3. The van der Waals surface area contributed by atoms with E-state index in [1.54, 1.807) is 0 Å². The molecule has 1 aromatic carbocycles. The molecule has 13 heteroatoms. The molecule has 0 unspecified atom stereocenters. The molecule has 8 nitrogen and oxygen atoms in total. The van der Waals surface area contributed by atoms with Crippen molar-refractivity contribution in [2.24, 2.45) is 0 Å². The van der Waals surface area contributed by atoms with Crippen LogP contribution in [0.5, 0.6) is 5.75 Å². The molecule has 5 heterocycles. The minimum Gasteiger partial charge on any atom is -0.493 e. The second-order valence-electron chi connectivity index (χ2n) is 10.4. The lowest BCUT2D eigenvalue weighted by molar-refractivity contribution is -0.161. The number of nitrogens with zero attached hydrogens (tertiary/aromatic N) is 7. The maximum Gasteiger partial charge on any atom is 0.401 e. The third-order valence-corrected chi connectivity index (χ3v) is 8.03. The van der Waals surface area contributed by atoms with E-state index < -0.39 is 18.5 Å². The normalized spacial score (nSPS) is 19.4. The van der Waals surface area contributed by atoms with Gasteiger partial charge in [0.15, 0.2) is 17.4 Å². The Labute approximate surface area is 228 Å². The van der Waals surface area contributed by atoms with Gasteiger partial charge < -0.3 is 9.64 Å². The summed E-state index contributed by atoms with van der Waals surface area (Å²) in [5, 5.41) is 9.77. The zero-order valence-corrected chi connectivity index (χ0v) is 22.1. The van der Waals surface area contributed by atoms with Crippen molar-refractivity contribution in [3.8, 4) is 11.4 Å². The summed E-state index contributed by atoms with van der Waals surface area (Å²) in [5.41, 5.74) is 1.95. The fraction of sp³-hybridized carbons (Fsp3) is 0.500. The van der Waals surface area contributed by atoms with Gasteiger partial charge in [0.1, 0.15) is 11.6 Å². The average molecular weight is 566 g/mol. The van der Waals surface area contributed by atoms with Crippen LogP contribution in [-0.4, -0.2) is 81.6 Å². The van der Waals surface area contributed by atoms with Crippen molar-refractivity contribution in [3.05, 3.63) is 58.5 Å². The number of likely N-dealkylation sites (tertiary alicyclic amines) is 1. The van der Waals surface area contributed by atoms with E-state index in [1.165, 1.54) is 24.3 Å². The first-order chi connectivity index (χ1) is 18.7. The molecular weight excluding hydrogens is 538 g/mol. The Morgan fingerprint density at radius 3 is 2.56 bits per heavy atom. The summed E-state index contributed by atoms with van der Waals surface area (Å²) in [5.74, 6) is 2.34. The summed E-state index contributed by atoms with van der Waals surface area (Å²) in [6, 6.07) is 7.06. The quantitative estimate of drug-likeness (QED) is 0.425. The SMILES string of the molecule is COc1cc(F)cnc1N1CCC(c2nnc3n2-c2ccc(Cl)cc2CN(C2CN(CC(F)(F)F)C2)C3)CC1. The first kappa shape index (κ1) is 26.3. The molecule has 0 amide bonds. The van der Waals surface area contributed by atoms with Crippen LogP contribution in [0.15, 0.2) is 30.5 Å². The Kier molecular flexibility index (Phi) is 6.88. The highest BCUT2D eigenvalue weighted by Crippen LogP contribution is 2.37. The number of piperidine rings is 1. The van der Waals surface area contributed by atoms with Crippen molar-refractivity contribution < 1.29 is 22.3 Å². The Morgan fingerprint density at radius 1 is 1.08 bits per heavy atom. The Hall–Kier alpha value is -2.96. The number of hydrogen-bond acceptors (Lipinski definition) is 7. The molecule has 3 aliphatic rings. The molecule has 0 radical (unpaired) electrons. The Morgan fingerprint density at radius 2 is 1.85 bits per heavy atom. The molecule has 2 aromatic heterocycles. The third kappa shape index (κ3) is 5.29. The summed E-state index contributed by atoms with van der Waals surface area (Å²) >= 11 is 6.36. The van der Waals surface area contributed by atoms with E-state index in [2.05, 4.69) is 29.5 Å². The summed E-state index contributed by atoms with van der Waals surface area (Å²) in [7, 11) is 1.50. The Bertz CT molecular complexity index is 1350. The van der Waals surface area contributed by atoms with Gasteiger partial charge in [0.25, 0.3) is 0 Å². The van der Waals surface area contributed by atoms with Gasteiger partial charge in [0.2, 0.25) is 0 Å². The van der Waals surface area contributed by atoms with Gasteiger partial charge in [-0.2, -0.15) is 13.2 Å². The van der Waals surface area contributed by atoms with E-state index >= 15 is 0 Å². The molecule has 0 N–H and O–H groups in total. The van der Waals surface area contributed by atoms with Crippen LogP contribution in [0.4, 0.5) is 23.4 Å². The van der Waals surface area contributed by atoms with E-state index in [0.717, 1.165) is 35.7 Å². The number of halogens is 5. The van der Waals surface area contributed by atoms with Crippen LogP contribution in [-0.2, 0) is 13.1 Å². The fourth-order valence-electron chi connectivity index (χ4n) is 5.88. The molecule has 0 spiro atoms. The lowest BCUT2D eigenvalue weighted by Crippen LogP contribution is -2.60. The molecule has 0 saturated carbocycles. The lowest BCUT2D eigenvalue weighted by Gasteiger charge is -2.45. The summed E-state index contributed by atoms with van der Waals surface area (Å²) in [4.78, 5) is 9.94. The molecule has 0 bridgehead atoms. The molecule has 2 fully saturated rings. The van der Waals surface area contributed by atoms with Gasteiger partial charge in [0, 0.05) is 55.8 Å². The number of fused-ring (bicyclic) bond motifs is 3. The van der Waals surface area contributed by atoms with Gasteiger partial charge in [0.05, 0.1) is 32.1 Å². The van der Waals surface area contributed by atoms with Crippen molar-refractivity contribution in [2.45, 2.75) is 44.1 Å². The smallest absolute Gasteiger partial charge is 0.401 e. The van der Waals surface area contributed by atoms with Crippen LogP contribution in [0.2, 0.25) is 5.02 Å². The number of alkyl halides is 3. The van der Waals surface area contributed by atoms with E-state index in [0.29, 0.717) is 55.9 Å². The van der Waals surface area contributed by atoms with Crippen LogP contribution in [0.1, 0.15) is 36.0 Å². The fourth-order valence-corrected chi connectivity index (χ4v) is 6.07. The number of ether oxygens (including phenoxy) is 1. The number of anilines is 1. The van der Waals surface area contributed by atoms with Gasteiger partial charge in [-0.05, 0) is 36.6 Å². The highest BCUT2D eigenvalue weighted by molar-refractivity contribution is 6.30. The van der Waals surface area contributed by atoms with Crippen molar-refractivity contribution in [1.82, 2.24) is 29.5 Å². The maximum absolute atomic E-state index is 13.6. The van der Waals surface area contributed by atoms with Gasteiger partial charge in [-0.1, -0.05) is 11.6 Å². The van der Waals surface area contributed by atoms with Gasteiger partial charge >= 0.3 is 6.18 Å². The molecule has 2 saturated heterocycles. The van der Waals surface area contributed by atoms with Crippen molar-refractivity contribution in [3.63, 3.8) is 0 Å². The van der Waals surface area contributed by atoms with Crippen molar-refractivity contribution in [1.29, 1.82) is 0 Å². The molecule has 208 valence electrons.